The molecule has 0 aromatic rings. The lowest BCUT2D eigenvalue weighted by Crippen LogP contribution is -2.55. The van der Waals surface area contributed by atoms with E-state index >= 15 is 0 Å². The molecule has 0 unspecified atom stereocenters. The Morgan fingerprint density at radius 2 is 1.46 bits per heavy atom. The standard InChI is InChI=1S/C29H58O6Si2/c1-14-33-26(31)20-18-16-15-17-19-24(32-9)27(35-37(12,13)29(6,7)8)25(21-23(2)22-30)34-36(10,11)28(3,4)5/h17,19,21,24-25,27,30H,14-16,18,20,22H2,1-13H3/b19-17+,23-21+/t24-,25+,27+/m0/s1. The van der Waals surface area contributed by atoms with E-state index in [0.717, 1.165) is 24.8 Å². The second-order valence-corrected chi connectivity index (χ2v) is 22.5. The fourth-order valence-corrected chi connectivity index (χ4v) is 5.74. The van der Waals surface area contributed by atoms with E-state index in [0.29, 0.717) is 13.0 Å². The zero-order chi connectivity index (χ0) is 29.1. The van der Waals surface area contributed by atoms with Crippen LogP contribution in [0.2, 0.25) is 36.3 Å². The highest BCUT2D eigenvalue weighted by atomic mass is 28.4. The van der Waals surface area contributed by atoms with Crippen LogP contribution in [0.4, 0.5) is 0 Å². The van der Waals surface area contributed by atoms with Crippen LogP contribution in [0.3, 0.4) is 0 Å². The van der Waals surface area contributed by atoms with Crippen molar-refractivity contribution in [2.75, 3.05) is 20.3 Å². The van der Waals surface area contributed by atoms with Crippen molar-refractivity contribution in [2.45, 2.75) is 136 Å². The van der Waals surface area contributed by atoms with E-state index < -0.39 is 16.6 Å². The Morgan fingerprint density at radius 1 is 0.919 bits per heavy atom. The van der Waals surface area contributed by atoms with Crippen molar-refractivity contribution in [3.05, 3.63) is 23.8 Å². The maximum absolute atomic E-state index is 11.6. The molecule has 37 heavy (non-hydrogen) atoms. The number of allylic oxidation sites excluding steroid dienone is 1. The second kappa shape index (κ2) is 15.7. The number of esters is 1. The highest BCUT2D eigenvalue weighted by Gasteiger charge is 2.46. The van der Waals surface area contributed by atoms with Gasteiger partial charge < -0.3 is 23.4 Å². The van der Waals surface area contributed by atoms with Crippen molar-refractivity contribution in [3.8, 4) is 0 Å². The van der Waals surface area contributed by atoms with Gasteiger partial charge in [-0.1, -0.05) is 59.8 Å². The SMILES string of the molecule is CCOC(=O)CCCC/C=C/[C@H](OC)[C@@H](O[Si](C)(C)C(C)(C)C)[C@@H](/C=C(\C)CO)O[Si](C)(C)C(C)(C)C. The first-order valence-electron chi connectivity index (χ1n) is 13.8. The average molecular weight is 559 g/mol. The third kappa shape index (κ3) is 12.7. The summed E-state index contributed by atoms with van der Waals surface area (Å²) in [5.74, 6) is -0.138. The second-order valence-electron chi connectivity index (χ2n) is 13.0. The van der Waals surface area contributed by atoms with Gasteiger partial charge in [0.15, 0.2) is 16.6 Å². The van der Waals surface area contributed by atoms with Gasteiger partial charge in [-0.05, 0) is 74.9 Å². The molecule has 0 aliphatic carbocycles. The van der Waals surface area contributed by atoms with Gasteiger partial charge in [0.25, 0.3) is 0 Å². The summed E-state index contributed by atoms with van der Waals surface area (Å²) in [5.41, 5.74) is 0.852. The molecule has 0 heterocycles. The minimum absolute atomic E-state index is 0.0115. The Labute approximate surface area is 230 Å². The first-order valence-corrected chi connectivity index (χ1v) is 19.6. The van der Waals surface area contributed by atoms with E-state index in [9.17, 15) is 9.90 Å². The highest BCUT2D eigenvalue weighted by Crippen LogP contribution is 2.41. The molecule has 0 aliphatic rings. The molecule has 0 saturated heterocycles. The molecule has 0 bridgehead atoms. The molecule has 0 aromatic carbocycles. The van der Waals surface area contributed by atoms with E-state index in [1.807, 2.05) is 19.9 Å². The summed E-state index contributed by atoms with van der Waals surface area (Å²) in [6.45, 7) is 26.5. The molecule has 0 rings (SSSR count). The summed E-state index contributed by atoms with van der Waals surface area (Å²) in [7, 11) is -2.65. The van der Waals surface area contributed by atoms with Crippen molar-refractivity contribution in [3.63, 3.8) is 0 Å². The third-order valence-corrected chi connectivity index (χ3v) is 16.7. The maximum atomic E-state index is 11.6. The Morgan fingerprint density at radius 3 is 1.92 bits per heavy atom. The van der Waals surface area contributed by atoms with Gasteiger partial charge in [0.1, 0.15) is 12.2 Å². The first-order chi connectivity index (χ1) is 16.8. The number of rotatable bonds is 16. The zero-order valence-electron chi connectivity index (χ0n) is 26.2. The van der Waals surface area contributed by atoms with Crippen molar-refractivity contribution in [1.82, 2.24) is 0 Å². The number of hydrogen-bond acceptors (Lipinski definition) is 6. The summed E-state index contributed by atoms with van der Waals surface area (Å²) < 4.78 is 25.0. The maximum Gasteiger partial charge on any atom is 0.305 e. The lowest BCUT2D eigenvalue weighted by Gasteiger charge is -2.46. The Balaban J connectivity index is 6.14. The topological polar surface area (TPSA) is 74.2 Å². The minimum atomic E-state index is -2.19. The average Bonchev–Trinajstić information content (AvgIpc) is 2.75. The van der Waals surface area contributed by atoms with Crippen LogP contribution in [-0.4, -0.2) is 66.3 Å². The van der Waals surface area contributed by atoms with Crippen molar-refractivity contribution < 1.29 is 28.2 Å². The molecule has 0 spiro atoms. The van der Waals surface area contributed by atoms with E-state index in [1.165, 1.54) is 0 Å². The highest BCUT2D eigenvalue weighted by molar-refractivity contribution is 6.74. The molecule has 1 N–H and O–H groups in total. The van der Waals surface area contributed by atoms with Gasteiger partial charge in [0.2, 0.25) is 0 Å². The normalized spacial score (nSPS) is 16.6. The number of carbonyl (C=O) groups excluding carboxylic acids is 1. The first kappa shape index (κ1) is 36.2. The number of aliphatic hydroxyl groups is 1. The Hall–Kier alpha value is -0.776. The van der Waals surface area contributed by atoms with E-state index in [-0.39, 0.29) is 41.0 Å². The molecule has 218 valence electrons. The Bertz CT molecular complexity index is 732. The summed E-state index contributed by atoms with van der Waals surface area (Å²) in [6, 6.07) is 0. The predicted molar refractivity (Wildman–Crippen MR) is 160 cm³/mol. The quantitative estimate of drug-likeness (QED) is 0.0921. The van der Waals surface area contributed by atoms with Crippen LogP contribution < -0.4 is 0 Å². The van der Waals surface area contributed by atoms with Crippen molar-refractivity contribution in [1.29, 1.82) is 0 Å². The largest absolute Gasteiger partial charge is 0.466 e. The molecule has 0 saturated carbocycles. The van der Waals surface area contributed by atoms with Crippen LogP contribution in [0.15, 0.2) is 23.8 Å². The molecule has 0 amide bonds. The van der Waals surface area contributed by atoms with Crippen molar-refractivity contribution in [2.24, 2.45) is 0 Å². The van der Waals surface area contributed by atoms with Gasteiger partial charge in [-0.3, -0.25) is 4.79 Å². The molecule has 6 nitrogen and oxygen atoms in total. The van der Waals surface area contributed by atoms with E-state index in [1.54, 1.807) is 7.11 Å². The fraction of sp³-hybridized carbons (Fsp3) is 0.828. The number of carbonyl (C=O) groups is 1. The third-order valence-electron chi connectivity index (χ3n) is 7.72. The van der Waals surface area contributed by atoms with Crippen LogP contribution in [0.25, 0.3) is 0 Å². The number of hydrogen-bond donors (Lipinski definition) is 1. The van der Waals surface area contributed by atoms with Crippen LogP contribution in [-0.2, 0) is 23.1 Å². The van der Waals surface area contributed by atoms with Crippen LogP contribution >= 0.6 is 0 Å². The monoisotopic (exact) mass is 558 g/mol. The van der Waals surface area contributed by atoms with Gasteiger partial charge in [-0.15, -0.1) is 0 Å². The van der Waals surface area contributed by atoms with Gasteiger partial charge in [0.05, 0.1) is 19.3 Å². The van der Waals surface area contributed by atoms with Crippen LogP contribution in [0.5, 0.6) is 0 Å². The number of ether oxygens (including phenoxy) is 2. The predicted octanol–water partition coefficient (Wildman–Crippen LogP) is 7.40. The van der Waals surface area contributed by atoms with E-state index in [4.69, 9.17) is 18.3 Å². The fourth-order valence-electron chi connectivity index (χ4n) is 3.20. The smallest absolute Gasteiger partial charge is 0.305 e. The lowest BCUT2D eigenvalue weighted by atomic mass is 10.0. The van der Waals surface area contributed by atoms with Gasteiger partial charge in [0, 0.05) is 13.5 Å². The summed E-state index contributed by atoms with van der Waals surface area (Å²) >= 11 is 0. The van der Waals surface area contributed by atoms with Crippen molar-refractivity contribution >= 4 is 22.6 Å². The van der Waals surface area contributed by atoms with Crippen LogP contribution in [0, 0.1) is 0 Å². The molecule has 3 atom stereocenters. The van der Waals surface area contributed by atoms with Crippen LogP contribution in [0.1, 0.15) is 81.1 Å². The molecule has 0 aliphatic heterocycles. The number of methoxy groups -OCH3 is 1. The summed E-state index contributed by atoms with van der Waals surface area (Å²) in [6.07, 6.45) is 8.14. The summed E-state index contributed by atoms with van der Waals surface area (Å²) in [5, 5.41) is 9.89. The minimum Gasteiger partial charge on any atom is -0.466 e. The van der Waals surface area contributed by atoms with Gasteiger partial charge in [-0.25, -0.2) is 0 Å². The molecule has 0 aromatic heterocycles. The molecular weight excluding hydrogens is 500 g/mol. The van der Waals surface area contributed by atoms with E-state index in [2.05, 4.69) is 79.9 Å². The molecule has 0 fully saturated rings. The number of aliphatic hydroxyl groups excluding tert-OH is 1. The molecular formula is C29H58O6Si2. The number of unbranched alkanes of at least 4 members (excludes halogenated alkanes) is 2. The summed E-state index contributed by atoms with van der Waals surface area (Å²) in [4.78, 5) is 11.6. The zero-order valence-corrected chi connectivity index (χ0v) is 28.2. The lowest BCUT2D eigenvalue weighted by molar-refractivity contribution is -0.143. The van der Waals surface area contributed by atoms with Gasteiger partial charge in [-0.2, -0.15) is 0 Å². The van der Waals surface area contributed by atoms with Gasteiger partial charge >= 0.3 is 5.97 Å². The molecule has 0 radical (unpaired) electrons. The Kier molecular flexibility index (Phi) is 15.4. The molecule has 8 heteroatoms.